The van der Waals surface area contributed by atoms with Crippen LogP contribution in [-0.2, 0) is 0 Å². The average molecular weight is 173 g/mol. The number of hydrogen-bond donors (Lipinski definition) is 2. The van der Waals surface area contributed by atoms with Crippen molar-refractivity contribution in [3.8, 4) is 0 Å². The van der Waals surface area contributed by atoms with Gasteiger partial charge in [0.05, 0.1) is 6.61 Å². The molecule has 0 saturated carbocycles. The van der Waals surface area contributed by atoms with Crippen LogP contribution in [0.3, 0.4) is 0 Å². The highest BCUT2D eigenvalue weighted by Gasteiger charge is 2.19. The van der Waals surface area contributed by atoms with Crippen molar-refractivity contribution in [2.45, 2.75) is 51.5 Å². The zero-order valence-corrected chi connectivity index (χ0v) is 8.69. The molecule has 0 rings (SSSR count). The highest BCUT2D eigenvalue weighted by atomic mass is 16.3. The Hall–Kier alpha value is -0.0800. The molecule has 2 nitrogen and oxygen atoms in total. The lowest BCUT2D eigenvalue weighted by molar-refractivity contribution is 0.170. The van der Waals surface area contributed by atoms with Gasteiger partial charge in [0.25, 0.3) is 0 Å². The number of nitrogens with one attached hydrogen (secondary N) is 1. The summed E-state index contributed by atoms with van der Waals surface area (Å²) < 4.78 is 0. The number of likely N-dealkylation sites (N-methyl/N-ethyl adjacent to an activating group) is 1. The molecular formula is C10H23NO. The van der Waals surface area contributed by atoms with Crippen LogP contribution < -0.4 is 5.32 Å². The maximum atomic E-state index is 9.08. The van der Waals surface area contributed by atoms with E-state index in [1.165, 1.54) is 25.7 Å². The third-order valence-electron chi connectivity index (χ3n) is 2.53. The normalized spacial score (nSPS) is 16.0. The Morgan fingerprint density at radius 3 is 2.33 bits per heavy atom. The van der Waals surface area contributed by atoms with E-state index in [1.54, 1.807) is 0 Å². The van der Waals surface area contributed by atoms with Crippen molar-refractivity contribution < 1.29 is 5.11 Å². The Morgan fingerprint density at radius 2 is 1.92 bits per heavy atom. The summed E-state index contributed by atoms with van der Waals surface area (Å²) >= 11 is 0. The molecule has 2 N–H and O–H groups in total. The first kappa shape index (κ1) is 11.9. The second-order valence-electron chi connectivity index (χ2n) is 3.78. The molecule has 0 heterocycles. The van der Waals surface area contributed by atoms with Gasteiger partial charge in [-0.1, -0.05) is 32.6 Å². The van der Waals surface area contributed by atoms with Crippen LogP contribution in [-0.4, -0.2) is 24.3 Å². The Labute approximate surface area is 76.4 Å². The molecule has 0 aliphatic rings. The predicted molar refractivity (Wildman–Crippen MR) is 53.3 cm³/mol. The number of rotatable bonds is 7. The summed E-state index contributed by atoms with van der Waals surface area (Å²) in [7, 11) is 1.91. The molecule has 0 spiro atoms. The van der Waals surface area contributed by atoms with Crippen LogP contribution in [0.15, 0.2) is 0 Å². The van der Waals surface area contributed by atoms with Crippen LogP contribution in [0.2, 0.25) is 0 Å². The first-order chi connectivity index (χ1) is 5.68. The fourth-order valence-electron chi connectivity index (χ4n) is 1.23. The summed E-state index contributed by atoms with van der Waals surface area (Å²) in [6.07, 6.45) is 6.15. The SMILES string of the molecule is CCCCCCC(C)(CO)NC. The van der Waals surface area contributed by atoms with Crippen LogP contribution in [0.5, 0.6) is 0 Å². The van der Waals surface area contributed by atoms with E-state index in [1.807, 2.05) is 7.05 Å². The Bertz CT molecular complexity index is 100. The largest absolute Gasteiger partial charge is 0.394 e. The van der Waals surface area contributed by atoms with E-state index < -0.39 is 0 Å². The van der Waals surface area contributed by atoms with Crippen LogP contribution in [0.1, 0.15) is 46.0 Å². The van der Waals surface area contributed by atoms with Gasteiger partial charge in [0, 0.05) is 5.54 Å². The molecule has 0 aliphatic carbocycles. The molecule has 0 fully saturated rings. The van der Waals surface area contributed by atoms with Gasteiger partial charge in [-0.15, -0.1) is 0 Å². The Morgan fingerprint density at radius 1 is 1.25 bits per heavy atom. The Balaban J connectivity index is 3.45. The van der Waals surface area contributed by atoms with Gasteiger partial charge in [0.2, 0.25) is 0 Å². The van der Waals surface area contributed by atoms with Gasteiger partial charge in [-0.2, -0.15) is 0 Å². The van der Waals surface area contributed by atoms with Crippen LogP contribution in [0, 0.1) is 0 Å². The van der Waals surface area contributed by atoms with Gasteiger partial charge in [-0.05, 0) is 20.4 Å². The summed E-state index contributed by atoms with van der Waals surface area (Å²) in [5, 5.41) is 12.2. The zero-order chi connectivity index (χ0) is 9.45. The van der Waals surface area contributed by atoms with Crippen LogP contribution in [0.4, 0.5) is 0 Å². The molecule has 0 aromatic carbocycles. The lowest BCUT2D eigenvalue weighted by Crippen LogP contribution is -2.43. The molecule has 0 amide bonds. The highest BCUT2D eigenvalue weighted by molar-refractivity contribution is 4.79. The molecule has 0 bridgehead atoms. The molecule has 0 aromatic rings. The second-order valence-corrected chi connectivity index (χ2v) is 3.78. The first-order valence-electron chi connectivity index (χ1n) is 4.98. The second kappa shape index (κ2) is 6.44. The predicted octanol–water partition coefficient (Wildman–Crippen LogP) is 1.93. The van der Waals surface area contributed by atoms with Gasteiger partial charge in [0.1, 0.15) is 0 Å². The summed E-state index contributed by atoms with van der Waals surface area (Å²) in [5.74, 6) is 0. The minimum absolute atomic E-state index is 0.0618. The molecule has 12 heavy (non-hydrogen) atoms. The maximum Gasteiger partial charge on any atom is 0.0610 e. The number of aliphatic hydroxyl groups is 1. The minimum atomic E-state index is -0.0618. The lowest BCUT2D eigenvalue weighted by atomic mass is 9.95. The number of hydrogen-bond acceptors (Lipinski definition) is 2. The van der Waals surface area contributed by atoms with E-state index in [0.717, 1.165) is 6.42 Å². The van der Waals surface area contributed by atoms with Gasteiger partial charge in [0.15, 0.2) is 0 Å². The van der Waals surface area contributed by atoms with E-state index >= 15 is 0 Å². The summed E-state index contributed by atoms with van der Waals surface area (Å²) in [6.45, 7) is 4.51. The van der Waals surface area contributed by atoms with E-state index in [4.69, 9.17) is 5.11 Å². The molecule has 2 heteroatoms. The third-order valence-corrected chi connectivity index (χ3v) is 2.53. The monoisotopic (exact) mass is 173 g/mol. The molecule has 1 unspecified atom stereocenters. The zero-order valence-electron chi connectivity index (χ0n) is 8.69. The van der Waals surface area contributed by atoms with Crippen molar-refractivity contribution >= 4 is 0 Å². The van der Waals surface area contributed by atoms with E-state index in [-0.39, 0.29) is 12.1 Å². The Kier molecular flexibility index (Phi) is 6.39. The third kappa shape index (κ3) is 4.73. The molecular weight excluding hydrogens is 150 g/mol. The molecule has 1 atom stereocenters. The molecule has 0 saturated heterocycles. The number of aliphatic hydroxyl groups excluding tert-OH is 1. The molecule has 0 aromatic heterocycles. The number of unbranched alkanes of at least 4 members (excludes halogenated alkanes) is 3. The van der Waals surface area contributed by atoms with Gasteiger partial charge in [-0.3, -0.25) is 0 Å². The van der Waals surface area contributed by atoms with Crippen LogP contribution in [0.25, 0.3) is 0 Å². The fraction of sp³-hybridized carbons (Fsp3) is 1.00. The van der Waals surface area contributed by atoms with Crippen molar-refractivity contribution in [3.05, 3.63) is 0 Å². The van der Waals surface area contributed by atoms with E-state index in [2.05, 4.69) is 19.2 Å². The van der Waals surface area contributed by atoms with Crippen molar-refractivity contribution in [1.29, 1.82) is 0 Å². The van der Waals surface area contributed by atoms with Crippen molar-refractivity contribution in [3.63, 3.8) is 0 Å². The lowest BCUT2D eigenvalue weighted by Gasteiger charge is -2.26. The highest BCUT2D eigenvalue weighted by Crippen LogP contribution is 2.13. The molecule has 74 valence electrons. The average Bonchev–Trinajstić information content (AvgIpc) is 2.12. The smallest absolute Gasteiger partial charge is 0.0610 e. The van der Waals surface area contributed by atoms with E-state index in [9.17, 15) is 0 Å². The quantitative estimate of drug-likeness (QED) is 0.577. The maximum absolute atomic E-state index is 9.08. The van der Waals surface area contributed by atoms with Crippen LogP contribution >= 0.6 is 0 Å². The molecule has 0 radical (unpaired) electrons. The standard InChI is InChI=1S/C10H23NO/c1-4-5-6-7-8-10(2,9-12)11-3/h11-12H,4-9H2,1-3H3. The van der Waals surface area contributed by atoms with Gasteiger partial charge >= 0.3 is 0 Å². The summed E-state index contributed by atoms with van der Waals surface area (Å²) in [5.41, 5.74) is -0.0618. The topological polar surface area (TPSA) is 32.3 Å². The van der Waals surface area contributed by atoms with Gasteiger partial charge < -0.3 is 10.4 Å². The van der Waals surface area contributed by atoms with Gasteiger partial charge in [-0.25, -0.2) is 0 Å². The van der Waals surface area contributed by atoms with Crippen molar-refractivity contribution in [2.75, 3.05) is 13.7 Å². The first-order valence-corrected chi connectivity index (χ1v) is 4.98. The fourth-order valence-corrected chi connectivity index (χ4v) is 1.23. The summed E-state index contributed by atoms with van der Waals surface area (Å²) in [6, 6.07) is 0. The van der Waals surface area contributed by atoms with E-state index in [0.29, 0.717) is 0 Å². The minimum Gasteiger partial charge on any atom is -0.394 e. The summed E-state index contributed by atoms with van der Waals surface area (Å²) in [4.78, 5) is 0. The van der Waals surface area contributed by atoms with Crippen molar-refractivity contribution in [2.24, 2.45) is 0 Å². The van der Waals surface area contributed by atoms with Crippen molar-refractivity contribution in [1.82, 2.24) is 5.32 Å². The molecule has 0 aliphatic heterocycles.